The van der Waals surface area contributed by atoms with E-state index >= 15 is 0 Å². The fourth-order valence-electron chi connectivity index (χ4n) is 3.41. The molecular formula is C26H28N2O3. The van der Waals surface area contributed by atoms with Gasteiger partial charge in [0.15, 0.2) is 0 Å². The molecule has 0 aliphatic rings. The highest BCUT2D eigenvalue weighted by Crippen LogP contribution is 2.35. The summed E-state index contributed by atoms with van der Waals surface area (Å²) >= 11 is 0. The third-order valence-electron chi connectivity index (χ3n) is 5.12. The van der Waals surface area contributed by atoms with Crippen LogP contribution in [0.25, 0.3) is 0 Å². The highest BCUT2D eigenvalue weighted by atomic mass is 16.6. The molecule has 0 unspecified atom stereocenters. The number of hydrogen-bond acceptors (Lipinski definition) is 4. The number of nitro groups is 1. The number of non-ortho nitro benzene ring substituents is 1. The first-order chi connectivity index (χ1) is 14.9. The van der Waals surface area contributed by atoms with Gasteiger partial charge < -0.3 is 4.74 Å². The van der Waals surface area contributed by atoms with Crippen LogP contribution in [0.2, 0.25) is 0 Å². The fourth-order valence-corrected chi connectivity index (χ4v) is 3.41. The Morgan fingerprint density at radius 3 is 2.16 bits per heavy atom. The lowest BCUT2D eigenvalue weighted by molar-refractivity contribution is -0.384. The van der Waals surface area contributed by atoms with Crippen molar-refractivity contribution in [3.05, 3.63) is 99.1 Å². The molecule has 0 aliphatic heterocycles. The Labute approximate surface area is 183 Å². The molecule has 0 fully saturated rings. The van der Waals surface area contributed by atoms with Gasteiger partial charge in [0.1, 0.15) is 12.4 Å². The number of ether oxygens (including phenoxy) is 1. The van der Waals surface area contributed by atoms with Crippen molar-refractivity contribution in [2.45, 2.75) is 46.1 Å². The van der Waals surface area contributed by atoms with Crippen LogP contribution in [0.5, 0.6) is 5.75 Å². The van der Waals surface area contributed by atoms with Crippen molar-refractivity contribution in [1.82, 2.24) is 0 Å². The third-order valence-corrected chi connectivity index (χ3v) is 5.12. The summed E-state index contributed by atoms with van der Waals surface area (Å²) in [4.78, 5) is 15.7. The molecule has 5 nitrogen and oxygen atoms in total. The molecule has 3 aromatic rings. The van der Waals surface area contributed by atoms with E-state index in [0.717, 1.165) is 22.4 Å². The maximum Gasteiger partial charge on any atom is 0.270 e. The Morgan fingerprint density at radius 1 is 0.935 bits per heavy atom. The number of benzene rings is 3. The van der Waals surface area contributed by atoms with Crippen LogP contribution in [0.3, 0.4) is 0 Å². The Bertz CT molecular complexity index is 1050. The van der Waals surface area contributed by atoms with Gasteiger partial charge in [-0.1, -0.05) is 76.2 Å². The standard InChI is InChI=1S/C26H28N2O3/c1-18(2)23-11-8-12-24(19(3)4)26(23)27-16-21-15-22(28(29)30)13-14-25(21)31-17-20-9-6-5-7-10-20/h5-16,18-19H,17H2,1-4H3. The number of nitrogens with zero attached hydrogens (tertiary/aromatic N) is 2. The van der Waals surface area contributed by atoms with E-state index in [0.29, 0.717) is 29.8 Å². The SMILES string of the molecule is CC(C)c1cccc(C(C)C)c1N=Cc1cc([N+](=O)[O-])ccc1OCc1ccccc1. The van der Waals surface area contributed by atoms with E-state index in [-0.39, 0.29) is 5.69 Å². The fraction of sp³-hybridized carbons (Fsp3) is 0.269. The number of para-hydroxylation sites is 1. The number of aliphatic imine (C=N–C) groups is 1. The van der Waals surface area contributed by atoms with Gasteiger partial charge in [0.25, 0.3) is 5.69 Å². The normalized spacial score (nSPS) is 11.4. The second kappa shape index (κ2) is 10.0. The highest BCUT2D eigenvalue weighted by molar-refractivity contribution is 5.87. The van der Waals surface area contributed by atoms with E-state index in [1.54, 1.807) is 12.3 Å². The van der Waals surface area contributed by atoms with E-state index in [4.69, 9.17) is 9.73 Å². The largest absolute Gasteiger partial charge is 0.488 e. The van der Waals surface area contributed by atoms with Gasteiger partial charge in [0, 0.05) is 23.9 Å². The average molecular weight is 417 g/mol. The Kier molecular flexibility index (Phi) is 7.19. The zero-order valence-electron chi connectivity index (χ0n) is 18.4. The summed E-state index contributed by atoms with van der Waals surface area (Å²) in [6.07, 6.45) is 1.68. The van der Waals surface area contributed by atoms with Crippen molar-refractivity contribution in [3.8, 4) is 5.75 Å². The van der Waals surface area contributed by atoms with E-state index in [1.807, 2.05) is 30.3 Å². The van der Waals surface area contributed by atoms with E-state index in [2.05, 4.69) is 45.9 Å². The molecule has 5 heteroatoms. The van der Waals surface area contributed by atoms with Gasteiger partial charge in [-0.15, -0.1) is 0 Å². The van der Waals surface area contributed by atoms with E-state index < -0.39 is 4.92 Å². The zero-order valence-corrected chi connectivity index (χ0v) is 18.4. The maximum absolute atomic E-state index is 11.3. The molecule has 0 saturated carbocycles. The van der Waals surface area contributed by atoms with Gasteiger partial charge in [-0.2, -0.15) is 0 Å². The van der Waals surface area contributed by atoms with Crippen LogP contribution in [0.15, 0.2) is 71.7 Å². The Morgan fingerprint density at radius 2 is 1.58 bits per heavy atom. The molecule has 0 spiro atoms. The molecule has 0 atom stereocenters. The van der Waals surface area contributed by atoms with Crippen molar-refractivity contribution in [1.29, 1.82) is 0 Å². The van der Waals surface area contributed by atoms with Gasteiger partial charge in [-0.25, -0.2) is 0 Å². The molecule has 0 aromatic heterocycles. The van der Waals surface area contributed by atoms with E-state index in [9.17, 15) is 10.1 Å². The monoisotopic (exact) mass is 416 g/mol. The first-order valence-electron chi connectivity index (χ1n) is 10.5. The quantitative estimate of drug-likeness (QED) is 0.222. The van der Waals surface area contributed by atoms with Crippen LogP contribution in [0.4, 0.5) is 11.4 Å². The number of hydrogen-bond donors (Lipinski definition) is 0. The summed E-state index contributed by atoms with van der Waals surface area (Å²) < 4.78 is 5.99. The minimum atomic E-state index is -0.403. The zero-order chi connectivity index (χ0) is 22.4. The first-order valence-corrected chi connectivity index (χ1v) is 10.5. The van der Waals surface area contributed by atoms with Crippen molar-refractivity contribution >= 4 is 17.6 Å². The van der Waals surface area contributed by atoms with Gasteiger partial charge >= 0.3 is 0 Å². The van der Waals surface area contributed by atoms with Crippen LogP contribution in [0, 0.1) is 10.1 Å². The average Bonchev–Trinajstić information content (AvgIpc) is 2.76. The predicted octanol–water partition coefficient (Wildman–Crippen LogP) is 7.17. The highest BCUT2D eigenvalue weighted by Gasteiger charge is 2.14. The van der Waals surface area contributed by atoms with E-state index in [1.165, 1.54) is 12.1 Å². The Hall–Kier alpha value is -3.47. The van der Waals surface area contributed by atoms with Crippen molar-refractivity contribution < 1.29 is 9.66 Å². The summed E-state index contributed by atoms with van der Waals surface area (Å²) in [7, 11) is 0. The summed E-state index contributed by atoms with van der Waals surface area (Å²) in [6, 6.07) is 20.7. The second-order valence-corrected chi connectivity index (χ2v) is 8.11. The first kappa shape index (κ1) is 22.2. The number of nitro benzene ring substituents is 1. The van der Waals surface area contributed by atoms with Crippen molar-refractivity contribution in [2.24, 2.45) is 4.99 Å². The minimum absolute atomic E-state index is 0.00902. The van der Waals surface area contributed by atoms with Crippen LogP contribution < -0.4 is 4.74 Å². The molecule has 0 amide bonds. The summed E-state index contributed by atoms with van der Waals surface area (Å²) in [5, 5.41) is 11.3. The third kappa shape index (κ3) is 5.57. The molecular weight excluding hydrogens is 388 g/mol. The molecule has 0 N–H and O–H groups in total. The topological polar surface area (TPSA) is 64.7 Å². The van der Waals surface area contributed by atoms with Gasteiger partial charge in [-0.3, -0.25) is 15.1 Å². The van der Waals surface area contributed by atoms with Crippen molar-refractivity contribution in [2.75, 3.05) is 0 Å². The van der Waals surface area contributed by atoms with Crippen molar-refractivity contribution in [3.63, 3.8) is 0 Å². The molecule has 0 bridgehead atoms. The smallest absolute Gasteiger partial charge is 0.270 e. The van der Waals surface area contributed by atoms with Gasteiger partial charge in [0.05, 0.1) is 10.6 Å². The van der Waals surface area contributed by atoms with Crippen LogP contribution in [-0.4, -0.2) is 11.1 Å². The molecule has 3 aromatic carbocycles. The molecule has 0 heterocycles. The molecule has 0 radical (unpaired) electrons. The molecule has 160 valence electrons. The molecule has 31 heavy (non-hydrogen) atoms. The lowest BCUT2D eigenvalue weighted by atomic mass is 9.93. The molecule has 3 rings (SSSR count). The molecule has 0 saturated heterocycles. The minimum Gasteiger partial charge on any atom is -0.488 e. The summed E-state index contributed by atoms with van der Waals surface area (Å²) in [5.74, 6) is 1.18. The van der Waals surface area contributed by atoms with Crippen LogP contribution in [-0.2, 0) is 6.61 Å². The summed E-state index contributed by atoms with van der Waals surface area (Å²) in [6.45, 7) is 8.93. The van der Waals surface area contributed by atoms with Crippen LogP contribution in [0.1, 0.15) is 61.8 Å². The predicted molar refractivity (Wildman–Crippen MR) is 126 cm³/mol. The second-order valence-electron chi connectivity index (χ2n) is 8.11. The Balaban J connectivity index is 2.00. The van der Waals surface area contributed by atoms with Crippen LogP contribution >= 0.6 is 0 Å². The number of rotatable bonds is 8. The lowest BCUT2D eigenvalue weighted by Crippen LogP contribution is -2.00. The lowest BCUT2D eigenvalue weighted by Gasteiger charge is -2.16. The van der Waals surface area contributed by atoms with Gasteiger partial charge in [0.2, 0.25) is 0 Å². The maximum atomic E-state index is 11.3. The summed E-state index contributed by atoms with van der Waals surface area (Å²) in [5.41, 5.74) is 4.84. The molecule has 0 aliphatic carbocycles. The van der Waals surface area contributed by atoms with Gasteiger partial charge in [-0.05, 0) is 34.6 Å².